The summed E-state index contributed by atoms with van der Waals surface area (Å²) >= 11 is 0. The Balaban J connectivity index is 0.00000280. The molecule has 0 aromatic rings. The summed E-state index contributed by atoms with van der Waals surface area (Å²) in [4.78, 5) is 21.8. The number of hydrogen-bond donors (Lipinski definition) is 2. The Morgan fingerprint density at radius 3 is 2.46 bits per heavy atom. The van der Waals surface area contributed by atoms with Gasteiger partial charge in [0.1, 0.15) is 0 Å². The maximum absolute atomic E-state index is 11.8. The molecule has 3 aliphatic rings. The van der Waals surface area contributed by atoms with Crippen molar-refractivity contribution in [3.05, 3.63) is 0 Å². The minimum Gasteiger partial charge on any atom is -0.357 e. The molecule has 1 aliphatic carbocycles. The lowest BCUT2D eigenvalue weighted by Crippen LogP contribution is -2.52. The molecular weight excluding hydrogens is 465 g/mol. The number of aliphatic imine (C=N–C) groups is 1. The predicted octanol–water partition coefficient (Wildman–Crippen LogP) is 2.83. The smallest absolute Gasteiger partial charge is 0.220 e. The molecule has 28 heavy (non-hydrogen) atoms. The fourth-order valence-corrected chi connectivity index (χ4v) is 5.21. The van der Waals surface area contributed by atoms with Crippen LogP contribution < -0.4 is 10.6 Å². The van der Waals surface area contributed by atoms with Gasteiger partial charge in [0, 0.05) is 43.6 Å². The maximum atomic E-state index is 11.8. The van der Waals surface area contributed by atoms with Crippen LogP contribution in [0.1, 0.15) is 64.7 Å². The van der Waals surface area contributed by atoms with Crippen molar-refractivity contribution in [3.8, 4) is 0 Å². The van der Waals surface area contributed by atoms with Crippen molar-refractivity contribution < 1.29 is 4.79 Å². The molecule has 3 fully saturated rings. The lowest BCUT2D eigenvalue weighted by molar-refractivity contribution is -0.119. The number of nitrogens with zero attached hydrogens (tertiary/aromatic N) is 3. The van der Waals surface area contributed by atoms with E-state index in [4.69, 9.17) is 4.99 Å². The van der Waals surface area contributed by atoms with Gasteiger partial charge in [-0.3, -0.25) is 9.79 Å². The number of halogens is 1. The van der Waals surface area contributed by atoms with E-state index >= 15 is 0 Å². The van der Waals surface area contributed by atoms with Crippen LogP contribution in [-0.2, 0) is 4.79 Å². The third-order valence-electron chi connectivity index (χ3n) is 7.00. The summed E-state index contributed by atoms with van der Waals surface area (Å²) in [7, 11) is 4.44. The second-order valence-electron chi connectivity index (χ2n) is 9.18. The van der Waals surface area contributed by atoms with E-state index in [9.17, 15) is 4.79 Å². The van der Waals surface area contributed by atoms with Gasteiger partial charge in [0.15, 0.2) is 5.96 Å². The highest BCUT2D eigenvalue weighted by atomic mass is 127. The van der Waals surface area contributed by atoms with Gasteiger partial charge in [0.25, 0.3) is 0 Å². The Morgan fingerprint density at radius 2 is 1.89 bits per heavy atom. The number of nitrogens with one attached hydrogen (secondary N) is 2. The highest BCUT2D eigenvalue weighted by Crippen LogP contribution is 2.36. The van der Waals surface area contributed by atoms with E-state index in [1.54, 1.807) is 0 Å². The summed E-state index contributed by atoms with van der Waals surface area (Å²) in [5.74, 6) is 1.25. The molecular formula is C21H40IN5O. The van der Waals surface area contributed by atoms with Crippen LogP contribution in [0.2, 0.25) is 0 Å². The molecule has 7 heteroatoms. The molecule has 2 heterocycles. The van der Waals surface area contributed by atoms with Crippen molar-refractivity contribution >= 4 is 35.8 Å². The largest absolute Gasteiger partial charge is 0.357 e. The second kappa shape index (κ2) is 10.5. The first kappa shape index (κ1) is 23.7. The van der Waals surface area contributed by atoms with Crippen molar-refractivity contribution in [3.63, 3.8) is 0 Å². The van der Waals surface area contributed by atoms with E-state index in [0.717, 1.165) is 51.5 Å². The maximum Gasteiger partial charge on any atom is 0.220 e. The van der Waals surface area contributed by atoms with Crippen LogP contribution in [0.25, 0.3) is 0 Å². The standard InChI is InChI=1S/C21H39N5O.HI/c1-4-22-19(24-16-21(25(2)3)11-7-5-6-8-12-21)26-13-9-10-20(17-26)14-18(27)23-15-20;/h4-17H2,1-3H3,(H,22,24)(H,23,27);1H. The quantitative estimate of drug-likeness (QED) is 0.267. The first-order valence-corrected chi connectivity index (χ1v) is 11.0. The van der Waals surface area contributed by atoms with Crippen LogP contribution in [0.5, 0.6) is 0 Å². The Bertz CT molecular complexity index is 545. The molecule has 1 spiro atoms. The molecule has 0 radical (unpaired) electrons. The number of amides is 1. The van der Waals surface area contributed by atoms with Crippen LogP contribution in [0.15, 0.2) is 4.99 Å². The van der Waals surface area contributed by atoms with Gasteiger partial charge in [0.2, 0.25) is 5.91 Å². The lowest BCUT2D eigenvalue weighted by Gasteiger charge is -2.42. The Labute approximate surface area is 188 Å². The van der Waals surface area contributed by atoms with Crippen molar-refractivity contribution in [1.82, 2.24) is 20.4 Å². The zero-order valence-electron chi connectivity index (χ0n) is 18.1. The third-order valence-corrected chi connectivity index (χ3v) is 7.00. The number of likely N-dealkylation sites (tertiary alicyclic amines) is 1. The molecule has 6 nitrogen and oxygen atoms in total. The van der Waals surface area contributed by atoms with E-state index in [1.165, 1.54) is 38.5 Å². The molecule has 1 atom stereocenters. The van der Waals surface area contributed by atoms with Crippen LogP contribution >= 0.6 is 24.0 Å². The van der Waals surface area contributed by atoms with Crippen molar-refractivity contribution in [2.45, 2.75) is 70.3 Å². The monoisotopic (exact) mass is 505 g/mol. The zero-order valence-corrected chi connectivity index (χ0v) is 20.4. The Hall–Kier alpha value is -0.570. The van der Waals surface area contributed by atoms with E-state index < -0.39 is 0 Å². The van der Waals surface area contributed by atoms with Gasteiger partial charge in [-0.05, 0) is 46.7 Å². The first-order valence-electron chi connectivity index (χ1n) is 11.0. The molecule has 1 saturated carbocycles. The van der Waals surface area contributed by atoms with Gasteiger partial charge in [-0.15, -0.1) is 24.0 Å². The fraction of sp³-hybridized carbons (Fsp3) is 0.905. The van der Waals surface area contributed by atoms with Crippen LogP contribution in [0.3, 0.4) is 0 Å². The lowest BCUT2D eigenvalue weighted by atomic mass is 9.79. The summed E-state index contributed by atoms with van der Waals surface area (Å²) in [6.07, 6.45) is 10.8. The zero-order chi connectivity index (χ0) is 19.3. The third kappa shape index (κ3) is 5.52. The van der Waals surface area contributed by atoms with Crippen molar-refractivity contribution in [2.24, 2.45) is 10.4 Å². The molecule has 0 aromatic heterocycles. The average Bonchev–Trinajstić information content (AvgIpc) is 2.85. The molecule has 1 amide bonds. The minimum absolute atomic E-state index is 0. The molecule has 0 aromatic carbocycles. The van der Waals surface area contributed by atoms with E-state index in [1.807, 2.05) is 0 Å². The number of guanidine groups is 1. The number of rotatable bonds is 4. The summed E-state index contributed by atoms with van der Waals surface area (Å²) in [5.41, 5.74) is 0.294. The highest BCUT2D eigenvalue weighted by molar-refractivity contribution is 14.0. The van der Waals surface area contributed by atoms with Crippen molar-refractivity contribution in [2.75, 3.05) is 46.8 Å². The number of hydrogen-bond acceptors (Lipinski definition) is 3. The van der Waals surface area contributed by atoms with Gasteiger partial charge >= 0.3 is 0 Å². The Kier molecular flexibility index (Phi) is 8.85. The van der Waals surface area contributed by atoms with E-state index in [2.05, 4.69) is 41.5 Å². The molecule has 3 rings (SSSR count). The number of likely N-dealkylation sites (N-methyl/N-ethyl adjacent to an activating group) is 1. The number of piperidine rings is 1. The van der Waals surface area contributed by atoms with Gasteiger partial charge < -0.3 is 20.4 Å². The number of carbonyl (C=O) groups excluding carboxylic acids is 1. The summed E-state index contributed by atoms with van der Waals surface area (Å²) in [6.45, 7) is 6.69. The topological polar surface area (TPSA) is 60.0 Å². The van der Waals surface area contributed by atoms with Gasteiger partial charge in [0.05, 0.1) is 6.54 Å². The molecule has 2 saturated heterocycles. The molecule has 1 unspecified atom stereocenters. The number of carbonyl (C=O) groups is 1. The summed E-state index contributed by atoms with van der Waals surface area (Å²) < 4.78 is 0. The van der Waals surface area contributed by atoms with Gasteiger partial charge in [-0.2, -0.15) is 0 Å². The fourth-order valence-electron chi connectivity index (χ4n) is 5.21. The van der Waals surface area contributed by atoms with Gasteiger partial charge in [-0.1, -0.05) is 25.7 Å². The summed E-state index contributed by atoms with van der Waals surface area (Å²) in [6, 6.07) is 0. The van der Waals surface area contributed by atoms with E-state index in [-0.39, 0.29) is 40.8 Å². The molecule has 0 bridgehead atoms. The van der Waals surface area contributed by atoms with E-state index in [0.29, 0.717) is 6.42 Å². The summed E-state index contributed by atoms with van der Waals surface area (Å²) in [5, 5.41) is 6.58. The predicted molar refractivity (Wildman–Crippen MR) is 126 cm³/mol. The second-order valence-corrected chi connectivity index (χ2v) is 9.18. The Morgan fingerprint density at radius 1 is 1.18 bits per heavy atom. The average molecular weight is 505 g/mol. The first-order chi connectivity index (χ1) is 13.0. The minimum atomic E-state index is 0. The highest BCUT2D eigenvalue weighted by Gasteiger charge is 2.42. The SMILES string of the molecule is CCNC(=NCC1(N(C)C)CCCCCC1)N1CCCC2(CNC(=O)C2)C1.I. The van der Waals surface area contributed by atoms with Crippen LogP contribution in [0, 0.1) is 5.41 Å². The molecule has 2 N–H and O–H groups in total. The van der Waals surface area contributed by atoms with Gasteiger partial charge in [-0.25, -0.2) is 0 Å². The van der Waals surface area contributed by atoms with Crippen molar-refractivity contribution in [1.29, 1.82) is 0 Å². The molecule has 2 aliphatic heterocycles. The molecule has 162 valence electrons. The van der Waals surface area contributed by atoms with Crippen LogP contribution in [0.4, 0.5) is 0 Å². The normalized spacial score (nSPS) is 28.1. The van der Waals surface area contributed by atoms with Crippen LogP contribution in [-0.4, -0.2) is 74.0 Å².